The van der Waals surface area contributed by atoms with Crippen LogP contribution in [-0.4, -0.2) is 39.1 Å². The van der Waals surface area contributed by atoms with E-state index in [1.807, 2.05) is 22.7 Å². The number of alkyl halides is 1. The molecule has 1 amide bonds. The molecular weight excluding hydrogens is 226 g/mol. The number of rotatable bonds is 3. The van der Waals surface area contributed by atoms with Crippen LogP contribution in [0.15, 0.2) is 12.3 Å². The first kappa shape index (κ1) is 11.5. The van der Waals surface area contributed by atoms with Crippen molar-refractivity contribution in [3.63, 3.8) is 0 Å². The minimum Gasteiger partial charge on any atom is -0.338 e. The Morgan fingerprint density at radius 3 is 3.12 bits per heavy atom. The van der Waals surface area contributed by atoms with Crippen LogP contribution in [0.2, 0.25) is 0 Å². The minimum atomic E-state index is 0.0475. The summed E-state index contributed by atoms with van der Waals surface area (Å²) in [5, 5.41) is 4.14. The third-order valence-electron chi connectivity index (χ3n) is 3.18. The van der Waals surface area contributed by atoms with Crippen molar-refractivity contribution in [2.75, 3.05) is 12.4 Å². The Bertz CT molecular complexity index is 377. The molecule has 0 spiro atoms. The molecule has 88 valence electrons. The number of aryl methyl sites for hydroxylation is 1. The zero-order valence-corrected chi connectivity index (χ0v) is 10.2. The van der Waals surface area contributed by atoms with E-state index in [0.717, 1.165) is 25.8 Å². The number of carbonyl (C=O) groups excluding carboxylic acids is 1. The van der Waals surface area contributed by atoms with Gasteiger partial charge in [-0.25, -0.2) is 0 Å². The Balaban J connectivity index is 2.04. The van der Waals surface area contributed by atoms with Gasteiger partial charge in [-0.3, -0.25) is 9.48 Å². The van der Waals surface area contributed by atoms with Crippen LogP contribution in [0.3, 0.4) is 0 Å². The van der Waals surface area contributed by atoms with E-state index in [2.05, 4.69) is 5.10 Å². The van der Waals surface area contributed by atoms with E-state index < -0.39 is 0 Å². The van der Waals surface area contributed by atoms with E-state index in [1.165, 1.54) is 5.69 Å². The molecule has 0 bridgehead atoms. The Hall–Kier alpha value is -1.03. The number of carbonyl (C=O) groups is 1. The Kier molecular flexibility index (Phi) is 3.49. The largest absolute Gasteiger partial charge is 0.338 e. The molecule has 1 aromatic heterocycles. The van der Waals surface area contributed by atoms with E-state index in [0.29, 0.717) is 6.04 Å². The molecule has 1 aliphatic heterocycles. The van der Waals surface area contributed by atoms with Crippen molar-refractivity contribution in [2.24, 2.45) is 7.05 Å². The first-order chi connectivity index (χ1) is 7.72. The van der Waals surface area contributed by atoms with Gasteiger partial charge in [0.05, 0.1) is 0 Å². The van der Waals surface area contributed by atoms with E-state index >= 15 is 0 Å². The number of likely N-dealkylation sites (tertiary alicyclic amines) is 1. The lowest BCUT2D eigenvalue weighted by Crippen LogP contribution is -2.37. The second-order valence-corrected chi connectivity index (χ2v) is 4.43. The van der Waals surface area contributed by atoms with Crippen LogP contribution >= 0.6 is 11.6 Å². The van der Waals surface area contributed by atoms with E-state index in [4.69, 9.17) is 11.6 Å². The molecule has 2 rings (SSSR count). The predicted molar refractivity (Wildman–Crippen MR) is 62.4 cm³/mol. The topological polar surface area (TPSA) is 38.1 Å². The summed E-state index contributed by atoms with van der Waals surface area (Å²) in [7, 11) is 1.93. The van der Waals surface area contributed by atoms with Gasteiger partial charge in [0, 0.05) is 37.9 Å². The molecule has 1 saturated heterocycles. The van der Waals surface area contributed by atoms with Crippen molar-refractivity contribution in [1.82, 2.24) is 14.7 Å². The van der Waals surface area contributed by atoms with Crippen LogP contribution in [0.25, 0.3) is 0 Å². The first-order valence-electron chi connectivity index (χ1n) is 5.54. The molecule has 5 heteroatoms. The maximum Gasteiger partial charge on any atom is 0.237 e. The summed E-state index contributed by atoms with van der Waals surface area (Å²) in [6, 6.07) is 2.29. The molecule has 0 saturated carbocycles. The average molecular weight is 242 g/mol. The molecule has 1 aliphatic rings. The van der Waals surface area contributed by atoms with Crippen molar-refractivity contribution in [3.8, 4) is 0 Å². The van der Waals surface area contributed by atoms with Crippen molar-refractivity contribution in [1.29, 1.82) is 0 Å². The highest BCUT2D eigenvalue weighted by molar-refractivity contribution is 6.27. The van der Waals surface area contributed by atoms with Crippen LogP contribution in [-0.2, 0) is 18.3 Å². The second kappa shape index (κ2) is 4.87. The van der Waals surface area contributed by atoms with Gasteiger partial charge in [0.1, 0.15) is 5.88 Å². The van der Waals surface area contributed by atoms with Gasteiger partial charge in [0.2, 0.25) is 5.91 Å². The van der Waals surface area contributed by atoms with Gasteiger partial charge in [-0.05, 0) is 18.9 Å². The molecule has 1 fully saturated rings. The molecule has 0 unspecified atom stereocenters. The number of halogens is 1. The van der Waals surface area contributed by atoms with Gasteiger partial charge < -0.3 is 4.90 Å². The monoisotopic (exact) mass is 241 g/mol. The van der Waals surface area contributed by atoms with Gasteiger partial charge in [-0.1, -0.05) is 0 Å². The van der Waals surface area contributed by atoms with E-state index in [9.17, 15) is 4.79 Å². The average Bonchev–Trinajstić information content (AvgIpc) is 2.88. The minimum absolute atomic E-state index is 0.0475. The molecular formula is C11H16ClN3O. The second-order valence-electron chi connectivity index (χ2n) is 4.17. The normalized spacial score (nSPS) is 20.4. The summed E-state index contributed by atoms with van der Waals surface area (Å²) in [6.07, 6.45) is 4.80. The fourth-order valence-electron chi connectivity index (χ4n) is 2.30. The first-order valence-corrected chi connectivity index (χ1v) is 6.08. The van der Waals surface area contributed by atoms with Crippen LogP contribution in [0.4, 0.5) is 0 Å². The summed E-state index contributed by atoms with van der Waals surface area (Å²) in [4.78, 5) is 13.5. The maximum atomic E-state index is 11.6. The molecule has 0 N–H and O–H groups in total. The summed E-state index contributed by atoms with van der Waals surface area (Å²) in [5.41, 5.74) is 1.17. The molecule has 16 heavy (non-hydrogen) atoms. The van der Waals surface area contributed by atoms with Gasteiger partial charge in [0.25, 0.3) is 0 Å². The van der Waals surface area contributed by atoms with Crippen molar-refractivity contribution in [3.05, 3.63) is 18.0 Å². The number of hydrogen-bond acceptors (Lipinski definition) is 2. The smallest absolute Gasteiger partial charge is 0.237 e. The van der Waals surface area contributed by atoms with Crippen LogP contribution in [0, 0.1) is 0 Å². The standard InChI is InChI=1S/C11H16ClN3O/c1-14-9(4-5-13-14)7-10-3-2-6-15(10)11(16)8-12/h4-5,10H,2-3,6-8H2,1H3/t10-/m0/s1. The Labute approximate surface area is 100 Å². The molecule has 0 radical (unpaired) electrons. The van der Waals surface area contributed by atoms with Crippen LogP contribution in [0.1, 0.15) is 18.5 Å². The Morgan fingerprint density at radius 2 is 2.50 bits per heavy atom. The molecule has 0 aliphatic carbocycles. The molecule has 4 nitrogen and oxygen atoms in total. The highest BCUT2D eigenvalue weighted by Crippen LogP contribution is 2.21. The molecule has 0 aromatic carbocycles. The highest BCUT2D eigenvalue weighted by Gasteiger charge is 2.28. The lowest BCUT2D eigenvalue weighted by molar-refractivity contribution is -0.129. The van der Waals surface area contributed by atoms with Gasteiger partial charge in [-0.15, -0.1) is 11.6 Å². The molecule has 1 atom stereocenters. The quantitative estimate of drug-likeness (QED) is 0.746. The third-order valence-corrected chi connectivity index (χ3v) is 3.41. The summed E-state index contributed by atoms with van der Waals surface area (Å²) < 4.78 is 1.86. The van der Waals surface area contributed by atoms with Gasteiger partial charge in [-0.2, -0.15) is 5.10 Å². The van der Waals surface area contributed by atoms with Gasteiger partial charge in [0.15, 0.2) is 0 Å². The lowest BCUT2D eigenvalue weighted by Gasteiger charge is -2.23. The summed E-state index contributed by atoms with van der Waals surface area (Å²) in [6.45, 7) is 0.841. The molecule has 1 aromatic rings. The van der Waals surface area contributed by atoms with Crippen LogP contribution in [0.5, 0.6) is 0 Å². The SMILES string of the molecule is Cn1nccc1C[C@@H]1CCCN1C(=O)CCl. The number of nitrogens with zero attached hydrogens (tertiary/aromatic N) is 3. The summed E-state index contributed by atoms with van der Waals surface area (Å²) >= 11 is 5.60. The van der Waals surface area contributed by atoms with Crippen molar-refractivity contribution >= 4 is 17.5 Å². The zero-order valence-electron chi connectivity index (χ0n) is 9.40. The van der Waals surface area contributed by atoms with Crippen LogP contribution < -0.4 is 0 Å². The number of amides is 1. The number of hydrogen-bond donors (Lipinski definition) is 0. The highest BCUT2D eigenvalue weighted by atomic mass is 35.5. The summed E-state index contributed by atoms with van der Waals surface area (Å²) in [5.74, 6) is 0.133. The molecule has 2 heterocycles. The van der Waals surface area contributed by atoms with Gasteiger partial charge >= 0.3 is 0 Å². The zero-order chi connectivity index (χ0) is 11.5. The maximum absolute atomic E-state index is 11.6. The fourth-order valence-corrected chi connectivity index (χ4v) is 2.45. The van der Waals surface area contributed by atoms with Crippen molar-refractivity contribution < 1.29 is 4.79 Å². The third kappa shape index (κ3) is 2.21. The fraction of sp³-hybridized carbons (Fsp3) is 0.636. The Morgan fingerprint density at radius 1 is 1.69 bits per heavy atom. The predicted octanol–water partition coefficient (Wildman–Crippen LogP) is 1.19. The van der Waals surface area contributed by atoms with Crippen molar-refractivity contribution in [2.45, 2.75) is 25.3 Å². The van der Waals surface area contributed by atoms with E-state index in [1.54, 1.807) is 6.20 Å². The number of aromatic nitrogens is 2. The van der Waals surface area contributed by atoms with E-state index in [-0.39, 0.29) is 11.8 Å². The lowest BCUT2D eigenvalue weighted by atomic mass is 10.1.